The zero-order valence-corrected chi connectivity index (χ0v) is 13.9. The Kier molecular flexibility index (Phi) is 4.54. The molecule has 0 bridgehead atoms. The monoisotopic (exact) mass is 321 g/mol. The highest BCUT2D eigenvalue weighted by Crippen LogP contribution is 2.49. The first-order valence-electron chi connectivity index (χ1n) is 7.55. The lowest BCUT2D eigenvalue weighted by molar-refractivity contribution is -0.143. The van der Waals surface area contributed by atoms with Gasteiger partial charge in [-0.1, -0.05) is 0 Å². The summed E-state index contributed by atoms with van der Waals surface area (Å²) in [4.78, 5) is 23.4. The fraction of sp³-hybridized carbons (Fsp3) is 0.529. The van der Waals surface area contributed by atoms with E-state index in [0.29, 0.717) is 30.7 Å². The number of ether oxygens (including phenoxy) is 2. The first kappa shape index (κ1) is 17.1. The number of methoxy groups -OCH3 is 1. The van der Waals surface area contributed by atoms with Gasteiger partial charge in [0.2, 0.25) is 0 Å². The predicted octanol–water partition coefficient (Wildman–Crippen LogP) is 3.45. The largest absolute Gasteiger partial charge is 0.497 e. The van der Waals surface area contributed by atoms with Crippen LogP contribution in [0.15, 0.2) is 18.2 Å². The average Bonchev–Trinajstić information content (AvgIpc) is 3.19. The SMILES string of the molecule is COc1ccc(NC(=O)OC(C)(C)C)c(CC2(C(=O)O)CC2)c1. The maximum absolute atomic E-state index is 12.0. The van der Waals surface area contributed by atoms with Gasteiger partial charge in [0.05, 0.1) is 12.5 Å². The third-order valence-electron chi connectivity index (χ3n) is 3.78. The second-order valence-electron chi connectivity index (χ2n) is 6.91. The molecule has 2 N–H and O–H groups in total. The van der Waals surface area contributed by atoms with Crippen LogP contribution in [0.1, 0.15) is 39.2 Å². The summed E-state index contributed by atoms with van der Waals surface area (Å²) in [5, 5.41) is 12.1. The van der Waals surface area contributed by atoms with Crippen LogP contribution in [0.2, 0.25) is 0 Å². The normalized spacial score (nSPS) is 15.7. The lowest BCUT2D eigenvalue weighted by Gasteiger charge is -2.21. The standard InChI is InChI=1S/C17H23NO5/c1-16(2,3)23-15(21)18-13-6-5-12(22-4)9-11(13)10-17(7-8-17)14(19)20/h5-6,9H,7-8,10H2,1-4H3,(H,18,21)(H,19,20). The maximum Gasteiger partial charge on any atom is 0.412 e. The Morgan fingerprint density at radius 2 is 1.96 bits per heavy atom. The van der Waals surface area contributed by atoms with Crippen LogP contribution in [-0.2, 0) is 16.0 Å². The summed E-state index contributed by atoms with van der Waals surface area (Å²) in [6, 6.07) is 5.18. The Hall–Kier alpha value is -2.24. The van der Waals surface area contributed by atoms with Crippen molar-refractivity contribution in [2.45, 2.75) is 45.6 Å². The van der Waals surface area contributed by atoms with E-state index in [-0.39, 0.29) is 0 Å². The fourth-order valence-electron chi connectivity index (χ4n) is 2.36. The number of aliphatic carboxylic acids is 1. The molecule has 6 nitrogen and oxygen atoms in total. The molecule has 1 aromatic rings. The van der Waals surface area contributed by atoms with Gasteiger partial charge in [0.25, 0.3) is 0 Å². The van der Waals surface area contributed by atoms with Gasteiger partial charge in [-0.2, -0.15) is 0 Å². The Morgan fingerprint density at radius 3 is 2.43 bits per heavy atom. The minimum Gasteiger partial charge on any atom is -0.497 e. The molecule has 6 heteroatoms. The van der Waals surface area contributed by atoms with Gasteiger partial charge in [0.1, 0.15) is 11.4 Å². The van der Waals surface area contributed by atoms with Crippen LogP contribution in [-0.4, -0.2) is 29.9 Å². The van der Waals surface area contributed by atoms with Crippen LogP contribution in [0.5, 0.6) is 5.75 Å². The number of carboxylic acids is 1. The minimum absolute atomic E-state index is 0.352. The van der Waals surface area contributed by atoms with Gasteiger partial charge < -0.3 is 14.6 Å². The highest BCUT2D eigenvalue weighted by molar-refractivity contribution is 5.86. The molecule has 0 saturated heterocycles. The van der Waals surface area contributed by atoms with E-state index in [4.69, 9.17) is 9.47 Å². The molecule has 1 aliphatic carbocycles. The van der Waals surface area contributed by atoms with E-state index in [1.54, 1.807) is 46.1 Å². The first-order chi connectivity index (χ1) is 10.6. The highest BCUT2D eigenvalue weighted by atomic mass is 16.6. The third kappa shape index (κ3) is 4.37. The lowest BCUT2D eigenvalue weighted by atomic mass is 9.95. The molecule has 1 aromatic carbocycles. The topological polar surface area (TPSA) is 84.9 Å². The molecule has 1 saturated carbocycles. The maximum atomic E-state index is 12.0. The molecule has 0 atom stereocenters. The molecular weight excluding hydrogens is 298 g/mol. The Morgan fingerprint density at radius 1 is 1.30 bits per heavy atom. The summed E-state index contributed by atoms with van der Waals surface area (Å²) in [6.07, 6.45) is 1.07. The number of anilines is 1. The average molecular weight is 321 g/mol. The van der Waals surface area contributed by atoms with E-state index in [9.17, 15) is 14.7 Å². The molecule has 1 fully saturated rings. The van der Waals surface area contributed by atoms with E-state index in [1.165, 1.54) is 0 Å². The van der Waals surface area contributed by atoms with Crippen LogP contribution < -0.4 is 10.1 Å². The molecular formula is C17H23NO5. The van der Waals surface area contributed by atoms with E-state index in [2.05, 4.69) is 5.32 Å². The van der Waals surface area contributed by atoms with Crippen LogP contribution in [0.25, 0.3) is 0 Å². The Bertz CT molecular complexity index is 614. The summed E-state index contributed by atoms with van der Waals surface area (Å²) in [7, 11) is 1.55. The first-order valence-corrected chi connectivity index (χ1v) is 7.55. The molecule has 0 aliphatic heterocycles. The van der Waals surface area contributed by atoms with Crippen molar-refractivity contribution in [1.82, 2.24) is 0 Å². The molecule has 0 heterocycles. The van der Waals surface area contributed by atoms with E-state index in [1.807, 2.05) is 0 Å². The number of hydrogen-bond acceptors (Lipinski definition) is 4. The van der Waals surface area contributed by atoms with Gasteiger partial charge in [-0.05, 0) is 63.8 Å². The quantitative estimate of drug-likeness (QED) is 0.867. The minimum atomic E-state index is -0.802. The number of carbonyl (C=O) groups is 2. The van der Waals surface area contributed by atoms with Crippen LogP contribution in [0, 0.1) is 5.41 Å². The molecule has 1 amide bonds. The van der Waals surface area contributed by atoms with Gasteiger partial charge in [-0.15, -0.1) is 0 Å². The summed E-state index contributed by atoms with van der Waals surface area (Å²) >= 11 is 0. The smallest absolute Gasteiger partial charge is 0.412 e. The highest BCUT2D eigenvalue weighted by Gasteiger charge is 2.50. The van der Waals surface area contributed by atoms with Gasteiger partial charge in [-0.3, -0.25) is 10.1 Å². The van der Waals surface area contributed by atoms with Crippen molar-refractivity contribution in [2.24, 2.45) is 5.41 Å². The number of nitrogens with one attached hydrogen (secondary N) is 1. The molecule has 126 valence electrons. The van der Waals surface area contributed by atoms with Crippen molar-refractivity contribution in [3.05, 3.63) is 23.8 Å². The number of carbonyl (C=O) groups excluding carboxylic acids is 1. The second-order valence-corrected chi connectivity index (χ2v) is 6.91. The number of amides is 1. The van der Waals surface area contributed by atoms with Crippen LogP contribution in [0.3, 0.4) is 0 Å². The van der Waals surface area contributed by atoms with E-state index >= 15 is 0 Å². The lowest BCUT2D eigenvalue weighted by Crippen LogP contribution is -2.28. The molecule has 1 aliphatic rings. The van der Waals surface area contributed by atoms with Crippen molar-refractivity contribution in [2.75, 3.05) is 12.4 Å². The van der Waals surface area contributed by atoms with Crippen LogP contribution in [0.4, 0.5) is 10.5 Å². The van der Waals surface area contributed by atoms with Crippen molar-refractivity contribution < 1.29 is 24.2 Å². The van der Waals surface area contributed by atoms with Gasteiger partial charge in [0.15, 0.2) is 0 Å². The Labute approximate surface area is 135 Å². The zero-order valence-electron chi connectivity index (χ0n) is 13.9. The summed E-state index contributed by atoms with van der Waals surface area (Å²) in [6.45, 7) is 5.35. The summed E-state index contributed by atoms with van der Waals surface area (Å²) < 4.78 is 10.4. The zero-order chi connectivity index (χ0) is 17.3. The molecule has 0 unspecified atom stereocenters. The Balaban J connectivity index is 2.22. The van der Waals surface area contributed by atoms with Crippen molar-refractivity contribution in [1.29, 1.82) is 0 Å². The fourth-order valence-corrected chi connectivity index (χ4v) is 2.36. The van der Waals surface area contributed by atoms with Gasteiger partial charge in [-0.25, -0.2) is 4.79 Å². The molecule has 0 aromatic heterocycles. The predicted molar refractivity (Wildman–Crippen MR) is 85.9 cm³/mol. The third-order valence-corrected chi connectivity index (χ3v) is 3.78. The van der Waals surface area contributed by atoms with E-state index < -0.39 is 23.1 Å². The van der Waals surface area contributed by atoms with E-state index in [0.717, 1.165) is 5.56 Å². The molecule has 0 spiro atoms. The molecule has 0 radical (unpaired) electrons. The van der Waals surface area contributed by atoms with Crippen molar-refractivity contribution in [3.8, 4) is 5.75 Å². The number of benzene rings is 1. The number of carboxylic acid groups (broad SMARTS) is 1. The number of rotatable bonds is 5. The molecule has 2 rings (SSSR count). The second kappa shape index (κ2) is 6.10. The number of hydrogen-bond donors (Lipinski definition) is 2. The van der Waals surface area contributed by atoms with Gasteiger partial charge >= 0.3 is 12.1 Å². The van der Waals surface area contributed by atoms with Gasteiger partial charge in [0, 0.05) is 5.69 Å². The summed E-state index contributed by atoms with van der Waals surface area (Å²) in [5.74, 6) is -0.181. The van der Waals surface area contributed by atoms with Crippen LogP contribution >= 0.6 is 0 Å². The van der Waals surface area contributed by atoms with Crippen molar-refractivity contribution in [3.63, 3.8) is 0 Å². The summed E-state index contributed by atoms with van der Waals surface area (Å²) in [5.41, 5.74) is -0.0469. The van der Waals surface area contributed by atoms with Crippen molar-refractivity contribution >= 4 is 17.7 Å². The molecule has 23 heavy (non-hydrogen) atoms.